The summed E-state index contributed by atoms with van der Waals surface area (Å²) >= 11 is 4.94. The van der Waals surface area contributed by atoms with Crippen molar-refractivity contribution in [3.63, 3.8) is 0 Å². The van der Waals surface area contributed by atoms with Crippen LogP contribution in [0.4, 0.5) is 0 Å². The summed E-state index contributed by atoms with van der Waals surface area (Å²) in [5.41, 5.74) is 2.56. The highest BCUT2D eigenvalue weighted by Gasteiger charge is 2.26. The Labute approximate surface area is 94.2 Å². The number of ether oxygens (including phenoxy) is 1. The van der Waals surface area contributed by atoms with Crippen molar-refractivity contribution in [3.05, 3.63) is 34.9 Å². The van der Waals surface area contributed by atoms with Crippen molar-refractivity contribution in [1.29, 1.82) is 0 Å². The lowest BCUT2D eigenvalue weighted by molar-refractivity contribution is 0.0741. The van der Waals surface area contributed by atoms with Crippen LogP contribution in [0.5, 0.6) is 0 Å². The number of thiocarbonyl (C=S) groups is 1. The molecule has 0 unspecified atom stereocenters. The van der Waals surface area contributed by atoms with Crippen molar-refractivity contribution in [3.8, 4) is 0 Å². The van der Waals surface area contributed by atoms with E-state index in [0.29, 0.717) is 10.6 Å². The van der Waals surface area contributed by atoms with Crippen LogP contribution in [0.2, 0.25) is 0 Å². The molecule has 1 heterocycles. The van der Waals surface area contributed by atoms with Crippen LogP contribution < -0.4 is 0 Å². The second kappa shape index (κ2) is 4.11. The molecule has 0 fully saturated rings. The van der Waals surface area contributed by atoms with Gasteiger partial charge in [-0.2, -0.15) is 0 Å². The van der Waals surface area contributed by atoms with Crippen molar-refractivity contribution in [1.82, 2.24) is 0 Å². The molecule has 1 aromatic rings. The fraction of sp³-hybridized carbons (Fsp3) is 0.333. The average molecular weight is 220 g/mol. The van der Waals surface area contributed by atoms with Gasteiger partial charge < -0.3 is 4.74 Å². The van der Waals surface area contributed by atoms with E-state index in [1.807, 2.05) is 18.2 Å². The summed E-state index contributed by atoms with van der Waals surface area (Å²) in [7, 11) is 0. The van der Waals surface area contributed by atoms with Crippen LogP contribution in [0.25, 0.3) is 0 Å². The van der Waals surface area contributed by atoms with Gasteiger partial charge in [0.15, 0.2) is 0 Å². The standard InChI is InChI=1S/C12H12O2S/c1-2-3-4-8-5-6-9-10(7-8)11(13)14-12(9)15/h5-7H,2-4H2,1H3. The van der Waals surface area contributed by atoms with Gasteiger partial charge in [0.1, 0.15) is 0 Å². The molecule has 1 aromatic carbocycles. The first-order valence-electron chi connectivity index (χ1n) is 5.12. The summed E-state index contributed by atoms with van der Waals surface area (Å²) < 4.78 is 4.88. The van der Waals surface area contributed by atoms with Gasteiger partial charge in [-0.15, -0.1) is 0 Å². The van der Waals surface area contributed by atoms with E-state index in [2.05, 4.69) is 6.92 Å². The normalized spacial score (nSPS) is 13.9. The average Bonchev–Trinajstić information content (AvgIpc) is 2.52. The summed E-state index contributed by atoms with van der Waals surface area (Å²) in [5, 5.41) is 0.303. The number of unbranched alkanes of at least 4 members (excludes halogenated alkanes) is 1. The Morgan fingerprint density at radius 2 is 2.13 bits per heavy atom. The fourth-order valence-corrected chi connectivity index (χ4v) is 1.92. The first kappa shape index (κ1) is 10.3. The van der Waals surface area contributed by atoms with Gasteiger partial charge in [-0.05, 0) is 42.8 Å². The van der Waals surface area contributed by atoms with Gasteiger partial charge in [0.05, 0.1) is 5.56 Å². The largest absolute Gasteiger partial charge is 0.410 e. The van der Waals surface area contributed by atoms with Gasteiger partial charge in [-0.1, -0.05) is 19.4 Å². The van der Waals surface area contributed by atoms with E-state index in [4.69, 9.17) is 17.0 Å². The van der Waals surface area contributed by atoms with Gasteiger partial charge in [0, 0.05) is 5.56 Å². The maximum atomic E-state index is 11.4. The number of carbonyl (C=O) groups excluding carboxylic acids is 1. The van der Waals surface area contributed by atoms with Gasteiger partial charge in [0.2, 0.25) is 5.05 Å². The van der Waals surface area contributed by atoms with Crippen LogP contribution in [-0.4, -0.2) is 11.0 Å². The number of esters is 1. The minimum absolute atomic E-state index is 0.303. The number of rotatable bonds is 3. The molecule has 3 heteroatoms. The molecule has 0 atom stereocenters. The smallest absolute Gasteiger partial charge is 0.345 e. The Hall–Kier alpha value is -1.22. The topological polar surface area (TPSA) is 26.3 Å². The van der Waals surface area contributed by atoms with Crippen molar-refractivity contribution >= 4 is 23.2 Å². The number of carbonyl (C=O) groups is 1. The molecule has 2 nitrogen and oxygen atoms in total. The van der Waals surface area contributed by atoms with E-state index in [0.717, 1.165) is 24.8 Å². The van der Waals surface area contributed by atoms with Gasteiger partial charge in [-0.25, -0.2) is 4.79 Å². The molecule has 0 bridgehead atoms. The highest BCUT2D eigenvalue weighted by molar-refractivity contribution is 7.80. The first-order valence-corrected chi connectivity index (χ1v) is 5.52. The Balaban J connectivity index is 2.30. The molecule has 0 radical (unpaired) electrons. The molecule has 0 spiro atoms. The molecule has 1 aliphatic heterocycles. The summed E-state index contributed by atoms with van der Waals surface area (Å²) in [6, 6.07) is 5.79. The minimum atomic E-state index is -0.312. The van der Waals surface area contributed by atoms with E-state index in [1.54, 1.807) is 0 Å². The lowest BCUT2D eigenvalue weighted by atomic mass is 10.0. The highest BCUT2D eigenvalue weighted by atomic mass is 32.1. The number of benzene rings is 1. The quantitative estimate of drug-likeness (QED) is 0.578. The summed E-state index contributed by atoms with van der Waals surface area (Å²) in [4.78, 5) is 11.4. The van der Waals surface area contributed by atoms with Crippen molar-refractivity contribution in [2.45, 2.75) is 26.2 Å². The molecule has 78 valence electrons. The minimum Gasteiger partial charge on any atom is -0.410 e. The molecule has 1 aliphatic rings. The van der Waals surface area contributed by atoms with E-state index in [9.17, 15) is 4.79 Å². The number of cyclic esters (lactones) is 1. The molecule has 0 amide bonds. The lowest BCUT2D eigenvalue weighted by Gasteiger charge is -2.00. The molecule has 2 rings (SSSR count). The van der Waals surface area contributed by atoms with Crippen molar-refractivity contribution in [2.75, 3.05) is 0 Å². The Morgan fingerprint density at radius 3 is 2.87 bits per heavy atom. The predicted octanol–water partition coefficient (Wildman–Crippen LogP) is 2.88. The number of fused-ring (bicyclic) bond motifs is 1. The second-order valence-electron chi connectivity index (χ2n) is 3.66. The summed E-state index contributed by atoms with van der Waals surface area (Å²) in [6.07, 6.45) is 3.29. The number of hydrogen-bond donors (Lipinski definition) is 0. The van der Waals surface area contributed by atoms with Crippen LogP contribution in [0.1, 0.15) is 41.3 Å². The molecule has 0 N–H and O–H groups in total. The molecular weight excluding hydrogens is 208 g/mol. The molecule has 0 saturated heterocycles. The Bertz CT molecular complexity index is 424. The lowest BCUT2D eigenvalue weighted by Crippen LogP contribution is -1.96. The predicted molar refractivity (Wildman–Crippen MR) is 62.2 cm³/mol. The third-order valence-corrected chi connectivity index (χ3v) is 2.83. The highest BCUT2D eigenvalue weighted by Crippen LogP contribution is 2.22. The number of hydrogen-bond acceptors (Lipinski definition) is 3. The molecular formula is C12H12O2S. The third kappa shape index (κ3) is 1.92. The van der Waals surface area contributed by atoms with E-state index >= 15 is 0 Å². The fourth-order valence-electron chi connectivity index (χ4n) is 1.67. The molecule has 0 aliphatic carbocycles. The van der Waals surface area contributed by atoms with Gasteiger partial charge >= 0.3 is 5.97 Å². The summed E-state index contributed by atoms with van der Waals surface area (Å²) in [6.45, 7) is 2.15. The Kier molecular flexibility index (Phi) is 2.82. The number of aryl methyl sites for hydroxylation is 1. The summed E-state index contributed by atoms with van der Waals surface area (Å²) in [5.74, 6) is -0.312. The van der Waals surface area contributed by atoms with Gasteiger partial charge in [0.25, 0.3) is 0 Å². The van der Waals surface area contributed by atoms with Crippen molar-refractivity contribution in [2.24, 2.45) is 0 Å². The van der Waals surface area contributed by atoms with Crippen LogP contribution in [0.3, 0.4) is 0 Å². The zero-order chi connectivity index (χ0) is 10.8. The molecule has 15 heavy (non-hydrogen) atoms. The van der Waals surface area contributed by atoms with Crippen molar-refractivity contribution < 1.29 is 9.53 Å². The molecule has 0 aromatic heterocycles. The zero-order valence-corrected chi connectivity index (χ0v) is 9.39. The van der Waals surface area contributed by atoms with E-state index in [1.165, 1.54) is 5.56 Å². The first-order chi connectivity index (χ1) is 7.22. The van der Waals surface area contributed by atoms with Crippen LogP contribution in [0, 0.1) is 0 Å². The van der Waals surface area contributed by atoms with Crippen LogP contribution in [-0.2, 0) is 11.2 Å². The van der Waals surface area contributed by atoms with Gasteiger partial charge in [-0.3, -0.25) is 0 Å². The Morgan fingerprint density at radius 1 is 1.33 bits per heavy atom. The zero-order valence-electron chi connectivity index (χ0n) is 8.58. The SMILES string of the molecule is CCCCc1ccc2c(c1)C(=O)OC2=S. The second-order valence-corrected chi connectivity index (χ2v) is 4.03. The molecule has 0 saturated carbocycles. The third-order valence-electron chi connectivity index (χ3n) is 2.53. The van der Waals surface area contributed by atoms with Crippen LogP contribution >= 0.6 is 12.2 Å². The van der Waals surface area contributed by atoms with E-state index < -0.39 is 0 Å². The maximum Gasteiger partial charge on any atom is 0.345 e. The van der Waals surface area contributed by atoms with Crippen LogP contribution in [0.15, 0.2) is 18.2 Å². The van der Waals surface area contributed by atoms with E-state index in [-0.39, 0.29) is 5.97 Å². The monoisotopic (exact) mass is 220 g/mol. The maximum absolute atomic E-state index is 11.4.